The number of hydrogen-bond acceptors (Lipinski definition) is 6. The summed E-state index contributed by atoms with van der Waals surface area (Å²) in [7, 11) is 0. The topological polar surface area (TPSA) is 86.7 Å². The summed E-state index contributed by atoms with van der Waals surface area (Å²) in [6, 6.07) is 0. The Hall–Kier alpha value is -2.50. The van der Waals surface area contributed by atoms with Gasteiger partial charge in [0.1, 0.15) is 17.6 Å². The van der Waals surface area contributed by atoms with Crippen molar-refractivity contribution in [2.24, 2.45) is 45.8 Å². The number of fused-ring (bicyclic) bond motifs is 2. The average molecular weight is 493 g/mol. The van der Waals surface area contributed by atoms with Gasteiger partial charge in [-0.15, -0.1) is 0 Å². The van der Waals surface area contributed by atoms with Crippen LogP contribution in [0.15, 0.2) is 35.5 Å². The van der Waals surface area contributed by atoms with Crippen LogP contribution in [0.2, 0.25) is 0 Å². The lowest BCUT2D eigenvalue weighted by atomic mass is 9.46. The summed E-state index contributed by atoms with van der Waals surface area (Å²) >= 11 is 0. The van der Waals surface area contributed by atoms with Crippen molar-refractivity contribution in [3.8, 4) is 0 Å². The van der Waals surface area contributed by atoms with Gasteiger partial charge in [-0.3, -0.25) is 19.2 Å². The van der Waals surface area contributed by atoms with Crippen LogP contribution in [-0.2, 0) is 28.7 Å². The van der Waals surface area contributed by atoms with Gasteiger partial charge < -0.3 is 9.47 Å². The molecule has 10 atom stereocenters. The second-order valence-electron chi connectivity index (χ2n) is 12.6. The SMILES string of the molecule is CC(=O)/C=C/C1=CCC2[C@H](C[C@H]1C)OC(=O)[C@@]21C[C@@H]2C[C@H]3[C@H]4C[C@H](C)C2(C=C1C(C)=O)C3(C)C(=O)O4. The fourth-order valence-electron chi connectivity index (χ4n) is 9.59. The van der Waals surface area contributed by atoms with Crippen LogP contribution >= 0.6 is 0 Å². The molecule has 2 heterocycles. The van der Waals surface area contributed by atoms with E-state index in [2.05, 4.69) is 26.0 Å². The maximum atomic E-state index is 13.8. The molecule has 2 spiro atoms. The molecule has 6 heteroatoms. The minimum atomic E-state index is -0.987. The van der Waals surface area contributed by atoms with Gasteiger partial charge in [0.15, 0.2) is 11.6 Å². The summed E-state index contributed by atoms with van der Waals surface area (Å²) in [4.78, 5) is 52.0. The molecule has 0 aromatic rings. The van der Waals surface area contributed by atoms with E-state index in [1.54, 1.807) is 13.0 Å². The standard InChI is InChI=1S/C30H36O6/c1-15-10-24-21(9-8-19(15)7-6-17(3)31)29(27(34)36-24)13-20-12-22-25-11-16(2)30(20,14-23(29)18(4)32)28(22,5)26(33)35-25/h6-8,14-16,20-22,24-25H,9-13H2,1-5H3/b7-6+/t15-,16+,20+,21?,22+,24+,25-,28?,29+,30?/m1/s1. The first kappa shape index (κ1) is 23.9. The molecule has 3 unspecified atom stereocenters. The van der Waals surface area contributed by atoms with Crippen molar-refractivity contribution in [1.29, 1.82) is 0 Å². The fourth-order valence-corrected chi connectivity index (χ4v) is 9.59. The molecule has 4 fully saturated rings. The third kappa shape index (κ3) is 2.68. The summed E-state index contributed by atoms with van der Waals surface area (Å²) in [5.41, 5.74) is -0.502. The maximum absolute atomic E-state index is 13.8. The van der Waals surface area contributed by atoms with E-state index in [9.17, 15) is 19.2 Å². The van der Waals surface area contributed by atoms with Gasteiger partial charge in [-0.2, -0.15) is 0 Å². The Balaban J connectivity index is 1.49. The number of Topliss-reactive ketones (excluding diaryl/α,β-unsaturated/α-hetero) is 1. The second kappa shape index (κ2) is 7.52. The molecule has 6 rings (SSSR count). The van der Waals surface area contributed by atoms with Crippen molar-refractivity contribution in [3.05, 3.63) is 35.5 Å². The predicted octanol–water partition coefficient (Wildman–Crippen LogP) is 4.53. The predicted molar refractivity (Wildman–Crippen MR) is 131 cm³/mol. The molecule has 2 aliphatic heterocycles. The molecule has 0 aromatic carbocycles. The van der Waals surface area contributed by atoms with E-state index in [0.717, 1.165) is 18.4 Å². The van der Waals surface area contributed by atoms with Crippen molar-refractivity contribution in [1.82, 2.24) is 0 Å². The third-order valence-electron chi connectivity index (χ3n) is 11.2. The first-order chi connectivity index (χ1) is 17.0. The molecule has 2 saturated heterocycles. The second-order valence-corrected chi connectivity index (χ2v) is 12.6. The van der Waals surface area contributed by atoms with Crippen LogP contribution in [0.25, 0.3) is 0 Å². The normalized spacial score (nSPS) is 48.6. The largest absolute Gasteiger partial charge is 0.462 e. The number of carbonyl (C=O) groups excluding carboxylic acids is 4. The first-order valence-corrected chi connectivity index (χ1v) is 13.5. The molecule has 6 aliphatic rings. The molecule has 36 heavy (non-hydrogen) atoms. The van der Waals surface area contributed by atoms with Gasteiger partial charge in [-0.05, 0) is 82.3 Å². The van der Waals surface area contributed by atoms with Crippen molar-refractivity contribution in [3.63, 3.8) is 0 Å². The Kier molecular flexibility index (Phi) is 4.98. The minimum Gasteiger partial charge on any atom is -0.462 e. The van der Waals surface area contributed by atoms with Crippen molar-refractivity contribution >= 4 is 23.5 Å². The number of rotatable bonds is 3. The fraction of sp³-hybridized carbons (Fsp3) is 0.667. The Morgan fingerprint density at radius 2 is 1.69 bits per heavy atom. The molecule has 4 bridgehead atoms. The van der Waals surface area contributed by atoms with Gasteiger partial charge in [0.05, 0.1) is 5.41 Å². The van der Waals surface area contributed by atoms with Crippen LogP contribution < -0.4 is 0 Å². The molecule has 0 N–H and O–H groups in total. The molecule has 0 radical (unpaired) electrons. The van der Waals surface area contributed by atoms with E-state index in [0.29, 0.717) is 24.8 Å². The number of ketones is 2. The van der Waals surface area contributed by atoms with Gasteiger partial charge in [0.25, 0.3) is 0 Å². The number of hydrogen-bond donors (Lipinski definition) is 0. The zero-order valence-electron chi connectivity index (χ0n) is 21.8. The average Bonchev–Trinajstić information content (AvgIpc) is 3.17. The van der Waals surface area contributed by atoms with E-state index >= 15 is 0 Å². The molecule has 4 aliphatic carbocycles. The van der Waals surface area contributed by atoms with Crippen molar-refractivity contribution < 1.29 is 28.7 Å². The monoisotopic (exact) mass is 492 g/mol. The zero-order valence-corrected chi connectivity index (χ0v) is 21.8. The minimum absolute atomic E-state index is 0.00221. The van der Waals surface area contributed by atoms with Crippen molar-refractivity contribution in [2.45, 2.75) is 78.9 Å². The summed E-state index contributed by atoms with van der Waals surface area (Å²) in [5, 5.41) is 0. The van der Waals surface area contributed by atoms with Crippen LogP contribution in [0.1, 0.15) is 66.7 Å². The number of allylic oxidation sites excluding steroid dienone is 5. The van der Waals surface area contributed by atoms with E-state index in [-0.39, 0.29) is 65.3 Å². The van der Waals surface area contributed by atoms with Gasteiger partial charge in [-0.1, -0.05) is 32.1 Å². The van der Waals surface area contributed by atoms with Gasteiger partial charge in [0, 0.05) is 22.8 Å². The Morgan fingerprint density at radius 1 is 1.00 bits per heavy atom. The maximum Gasteiger partial charge on any atom is 0.317 e. The zero-order chi connectivity index (χ0) is 25.8. The smallest absolute Gasteiger partial charge is 0.317 e. The number of ether oxygens (including phenoxy) is 2. The lowest BCUT2D eigenvalue weighted by Crippen LogP contribution is -2.55. The highest BCUT2D eigenvalue weighted by Gasteiger charge is 2.79. The van der Waals surface area contributed by atoms with E-state index < -0.39 is 16.2 Å². The van der Waals surface area contributed by atoms with E-state index in [1.165, 1.54) is 6.92 Å². The van der Waals surface area contributed by atoms with Crippen LogP contribution in [0, 0.1) is 45.8 Å². The molecule has 0 aromatic heterocycles. The van der Waals surface area contributed by atoms with Crippen LogP contribution in [0.4, 0.5) is 0 Å². The van der Waals surface area contributed by atoms with Crippen LogP contribution in [0.3, 0.4) is 0 Å². The van der Waals surface area contributed by atoms with Crippen molar-refractivity contribution in [2.75, 3.05) is 0 Å². The molecule has 2 saturated carbocycles. The Labute approximate surface area is 212 Å². The summed E-state index contributed by atoms with van der Waals surface area (Å²) in [5.74, 6) is -0.107. The quantitative estimate of drug-likeness (QED) is 0.425. The van der Waals surface area contributed by atoms with E-state index in [1.807, 2.05) is 13.0 Å². The number of carbonyl (C=O) groups is 4. The summed E-state index contributed by atoms with van der Waals surface area (Å²) in [6.45, 7) is 9.42. The molecule has 6 nitrogen and oxygen atoms in total. The Bertz CT molecular complexity index is 1180. The molecule has 0 amide bonds. The lowest BCUT2D eigenvalue weighted by molar-refractivity contribution is -0.154. The van der Waals surface area contributed by atoms with Crippen LogP contribution in [0.5, 0.6) is 0 Å². The van der Waals surface area contributed by atoms with Gasteiger partial charge in [0.2, 0.25) is 0 Å². The number of esters is 2. The van der Waals surface area contributed by atoms with Gasteiger partial charge in [-0.25, -0.2) is 0 Å². The molecule has 192 valence electrons. The highest BCUT2D eigenvalue weighted by atomic mass is 16.6. The third-order valence-corrected chi connectivity index (χ3v) is 11.2. The summed E-state index contributed by atoms with van der Waals surface area (Å²) < 4.78 is 12.0. The summed E-state index contributed by atoms with van der Waals surface area (Å²) in [6.07, 6.45) is 10.8. The molecular formula is C30H36O6. The van der Waals surface area contributed by atoms with Crippen LogP contribution in [-0.4, -0.2) is 35.7 Å². The first-order valence-electron chi connectivity index (χ1n) is 13.5. The highest BCUT2D eigenvalue weighted by molar-refractivity contribution is 6.03. The lowest BCUT2D eigenvalue weighted by Gasteiger charge is -2.54. The van der Waals surface area contributed by atoms with Gasteiger partial charge >= 0.3 is 11.9 Å². The molecular weight excluding hydrogens is 456 g/mol. The van der Waals surface area contributed by atoms with E-state index in [4.69, 9.17) is 9.47 Å². The highest BCUT2D eigenvalue weighted by Crippen LogP contribution is 2.76. The Morgan fingerprint density at radius 3 is 2.39 bits per heavy atom.